The molecule has 0 spiro atoms. The van der Waals surface area contributed by atoms with Gasteiger partial charge >= 0.3 is 6.01 Å². The van der Waals surface area contributed by atoms with E-state index in [0.29, 0.717) is 53.3 Å². The fourth-order valence-electron chi connectivity index (χ4n) is 8.89. The smallest absolute Gasteiger partial charge is 0.319 e. The number of aromatic nitrogens is 2. The summed E-state index contributed by atoms with van der Waals surface area (Å²) in [4.78, 5) is 14.0. The summed E-state index contributed by atoms with van der Waals surface area (Å²) < 4.78 is 50.1. The van der Waals surface area contributed by atoms with Crippen LogP contribution in [0.1, 0.15) is 56.1 Å². The van der Waals surface area contributed by atoms with Gasteiger partial charge in [-0.2, -0.15) is 9.97 Å². The molecular formula is C33H37F2N5O4. The average Bonchev–Trinajstić information content (AvgIpc) is 3.79. The van der Waals surface area contributed by atoms with Gasteiger partial charge in [-0.1, -0.05) is 0 Å². The molecule has 5 aliphatic heterocycles. The average molecular weight is 606 g/mol. The molecule has 1 aromatic heterocycles. The third-order valence-corrected chi connectivity index (χ3v) is 10.8. The van der Waals surface area contributed by atoms with E-state index in [1.807, 2.05) is 0 Å². The van der Waals surface area contributed by atoms with Crippen LogP contribution in [0.15, 0.2) is 12.1 Å². The van der Waals surface area contributed by atoms with Gasteiger partial charge in [0.25, 0.3) is 0 Å². The summed E-state index contributed by atoms with van der Waals surface area (Å²) in [7, 11) is 0. The van der Waals surface area contributed by atoms with Gasteiger partial charge < -0.3 is 29.5 Å². The standard InChI is InChI=1S/C33H37F2N5O4/c34-19-12-33(8-3-9-40(33)13-19)16-42-32-37-28-26(31(38-32)39-14-20-6-7-21(15-39)36-20)30-29(43-17-44-30)25(27(28)35)24-11-22(41)10-18-4-1-2-5-23(18)24/h10-11,19-21,36,41H,1-9,12-17H2/t19-,20-,21+,33+/m1/s1. The van der Waals surface area contributed by atoms with Gasteiger partial charge in [0.1, 0.15) is 29.9 Å². The first kappa shape index (κ1) is 26.9. The van der Waals surface area contributed by atoms with Crippen LogP contribution >= 0.6 is 0 Å². The zero-order chi connectivity index (χ0) is 29.6. The summed E-state index contributed by atoms with van der Waals surface area (Å²) in [5, 5.41) is 14.8. The zero-order valence-electron chi connectivity index (χ0n) is 24.7. The number of aryl methyl sites for hydroxylation is 1. The summed E-state index contributed by atoms with van der Waals surface area (Å²) in [5.41, 5.74) is 2.65. The molecule has 2 N–H and O–H groups in total. The summed E-state index contributed by atoms with van der Waals surface area (Å²) in [6, 6.07) is 4.15. The first-order chi connectivity index (χ1) is 21.5. The number of piperazine rings is 1. The second-order valence-corrected chi connectivity index (χ2v) is 13.6. The number of halogens is 2. The van der Waals surface area contributed by atoms with Crippen molar-refractivity contribution in [3.8, 4) is 34.4 Å². The number of nitrogens with one attached hydrogen (secondary N) is 1. The molecular weight excluding hydrogens is 568 g/mol. The lowest BCUT2D eigenvalue weighted by Crippen LogP contribution is -2.51. The Morgan fingerprint density at radius 2 is 1.86 bits per heavy atom. The van der Waals surface area contributed by atoms with Crippen molar-refractivity contribution in [1.29, 1.82) is 0 Å². The third kappa shape index (κ3) is 4.14. The molecule has 11 heteroatoms. The summed E-state index contributed by atoms with van der Waals surface area (Å²) in [6.45, 7) is 2.93. The summed E-state index contributed by atoms with van der Waals surface area (Å²) in [5.74, 6) is 0.877. The van der Waals surface area contributed by atoms with Crippen LogP contribution < -0.4 is 24.4 Å². The van der Waals surface area contributed by atoms with Crippen molar-refractivity contribution >= 4 is 16.7 Å². The van der Waals surface area contributed by atoms with Crippen LogP contribution in [0.5, 0.6) is 23.3 Å². The predicted octanol–water partition coefficient (Wildman–Crippen LogP) is 4.64. The number of hydrogen-bond donors (Lipinski definition) is 2. The number of fused-ring (bicyclic) bond motifs is 7. The molecule has 9 nitrogen and oxygen atoms in total. The Morgan fingerprint density at radius 1 is 1.05 bits per heavy atom. The van der Waals surface area contributed by atoms with E-state index in [1.54, 1.807) is 12.1 Å². The van der Waals surface area contributed by atoms with Gasteiger partial charge in [0.15, 0.2) is 17.3 Å². The topological polar surface area (TPSA) is 92.2 Å². The Hall–Kier alpha value is -3.44. The van der Waals surface area contributed by atoms with Crippen LogP contribution in [0.4, 0.5) is 14.6 Å². The van der Waals surface area contributed by atoms with Gasteiger partial charge in [0, 0.05) is 38.1 Å². The Balaban J connectivity index is 1.22. The second kappa shape index (κ2) is 10.0. The minimum absolute atomic E-state index is 0.0465. The Bertz CT molecular complexity index is 1660. The quantitative estimate of drug-likeness (QED) is 0.432. The number of alkyl halides is 1. The zero-order valence-corrected chi connectivity index (χ0v) is 24.7. The van der Waals surface area contributed by atoms with Gasteiger partial charge in [-0.05, 0) is 86.7 Å². The molecule has 3 aromatic rings. The fourth-order valence-corrected chi connectivity index (χ4v) is 8.89. The number of anilines is 1. The normalized spacial score (nSPS) is 29.0. The molecule has 0 unspecified atom stereocenters. The molecule has 4 fully saturated rings. The predicted molar refractivity (Wildman–Crippen MR) is 160 cm³/mol. The highest BCUT2D eigenvalue weighted by Crippen LogP contribution is 2.53. The van der Waals surface area contributed by atoms with E-state index in [2.05, 4.69) is 15.1 Å². The van der Waals surface area contributed by atoms with E-state index in [9.17, 15) is 9.50 Å². The first-order valence-electron chi connectivity index (χ1n) is 16.2. The highest BCUT2D eigenvalue weighted by Gasteiger charge is 2.49. The van der Waals surface area contributed by atoms with E-state index < -0.39 is 12.0 Å². The molecule has 2 bridgehead atoms. The molecule has 44 heavy (non-hydrogen) atoms. The van der Waals surface area contributed by atoms with Crippen molar-refractivity contribution in [2.24, 2.45) is 0 Å². The molecule has 0 amide bonds. The number of benzene rings is 2. The minimum atomic E-state index is -0.878. The first-order valence-corrected chi connectivity index (χ1v) is 16.2. The van der Waals surface area contributed by atoms with Crippen LogP contribution in [0.3, 0.4) is 0 Å². The molecule has 232 valence electrons. The van der Waals surface area contributed by atoms with Crippen molar-refractivity contribution in [3.05, 3.63) is 29.1 Å². The van der Waals surface area contributed by atoms with Crippen molar-refractivity contribution in [1.82, 2.24) is 20.2 Å². The SMILES string of the molecule is Oc1cc2c(c(-c3c4c(c5c(N6C[C@H]7CC[C@@H](C6)N7)nc(OC[C@@]67CCCN6C[C@H](F)C7)nc5c3F)OCO4)c1)CCCC2. The summed E-state index contributed by atoms with van der Waals surface area (Å²) in [6.07, 6.45) is 7.20. The molecule has 1 aliphatic carbocycles. The van der Waals surface area contributed by atoms with Gasteiger partial charge in [0.05, 0.1) is 16.5 Å². The molecule has 6 heterocycles. The molecule has 9 rings (SSSR count). The van der Waals surface area contributed by atoms with E-state index >= 15 is 4.39 Å². The van der Waals surface area contributed by atoms with E-state index in [1.165, 1.54) is 0 Å². The number of ether oxygens (including phenoxy) is 3. The molecule has 2 aromatic carbocycles. The van der Waals surface area contributed by atoms with Gasteiger partial charge in [-0.15, -0.1) is 0 Å². The third-order valence-electron chi connectivity index (χ3n) is 10.8. The number of phenolic OH excluding ortho intramolecular Hbond substituents is 1. The number of aromatic hydroxyl groups is 1. The number of nitrogens with zero attached hydrogens (tertiary/aromatic N) is 4. The maximum atomic E-state index is 17.2. The molecule has 4 saturated heterocycles. The van der Waals surface area contributed by atoms with E-state index in [0.717, 1.165) is 82.1 Å². The lowest BCUT2D eigenvalue weighted by atomic mass is 9.85. The maximum Gasteiger partial charge on any atom is 0.319 e. The monoisotopic (exact) mass is 605 g/mol. The maximum absolute atomic E-state index is 17.2. The van der Waals surface area contributed by atoms with Crippen LogP contribution in [-0.4, -0.2) is 83.3 Å². The van der Waals surface area contributed by atoms with Gasteiger partial charge in [-0.3, -0.25) is 4.90 Å². The Morgan fingerprint density at radius 3 is 2.73 bits per heavy atom. The van der Waals surface area contributed by atoms with Gasteiger partial charge in [-0.25, -0.2) is 8.78 Å². The molecule has 0 saturated carbocycles. The second-order valence-electron chi connectivity index (χ2n) is 13.6. The minimum Gasteiger partial charge on any atom is -0.508 e. The highest BCUT2D eigenvalue weighted by atomic mass is 19.1. The highest BCUT2D eigenvalue weighted by molar-refractivity contribution is 6.03. The number of rotatable bonds is 5. The Labute approximate surface area is 254 Å². The van der Waals surface area contributed by atoms with Gasteiger partial charge in [0.2, 0.25) is 6.79 Å². The fraction of sp³-hybridized carbons (Fsp3) is 0.576. The van der Waals surface area contributed by atoms with Crippen LogP contribution in [0.25, 0.3) is 22.0 Å². The van der Waals surface area contributed by atoms with Crippen LogP contribution in [-0.2, 0) is 12.8 Å². The van der Waals surface area contributed by atoms with Crippen LogP contribution in [0.2, 0.25) is 0 Å². The van der Waals surface area contributed by atoms with E-state index in [4.69, 9.17) is 24.2 Å². The number of hydrogen-bond acceptors (Lipinski definition) is 9. The lowest BCUT2D eigenvalue weighted by Gasteiger charge is -2.35. The number of phenols is 1. The Kier molecular flexibility index (Phi) is 6.14. The van der Waals surface area contributed by atoms with E-state index in [-0.39, 0.29) is 41.8 Å². The van der Waals surface area contributed by atoms with Crippen molar-refractivity contribution < 1.29 is 28.1 Å². The van der Waals surface area contributed by atoms with Crippen molar-refractivity contribution in [3.63, 3.8) is 0 Å². The largest absolute Gasteiger partial charge is 0.508 e. The molecule has 6 aliphatic rings. The lowest BCUT2D eigenvalue weighted by molar-refractivity contribution is 0.107. The molecule has 0 radical (unpaired) electrons. The summed E-state index contributed by atoms with van der Waals surface area (Å²) >= 11 is 0. The molecule has 4 atom stereocenters. The van der Waals surface area contributed by atoms with Crippen LogP contribution in [0, 0.1) is 5.82 Å². The van der Waals surface area contributed by atoms with Crippen molar-refractivity contribution in [2.75, 3.05) is 44.5 Å². The van der Waals surface area contributed by atoms with Crippen molar-refractivity contribution in [2.45, 2.75) is 81.6 Å².